The van der Waals surface area contributed by atoms with Crippen LogP contribution in [0.15, 0.2) is 54.7 Å². The highest BCUT2D eigenvalue weighted by molar-refractivity contribution is 5.83. The summed E-state index contributed by atoms with van der Waals surface area (Å²) in [4.78, 5) is 14.4. The smallest absolute Gasteiger partial charge is 0.243 e. The number of amides is 1. The van der Waals surface area contributed by atoms with Crippen LogP contribution in [-0.2, 0) is 17.6 Å². The average molecular weight is 351 g/mol. The molecule has 0 radical (unpaired) electrons. The van der Waals surface area contributed by atoms with Gasteiger partial charge in [-0.25, -0.2) is 5.48 Å². The molecule has 0 bridgehead atoms. The largest absolute Gasteiger partial charge is 0.361 e. The molecule has 1 atom stereocenters. The molecule has 5 heteroatoms. The number of rotatable bonds is 8. The number of aromatic nitrogens is 1. The van der Waals surface area contributed by atoms with Crippen LogP contribution in [0.2, 0.25) is 0 Å². The zero-order valence-corrected chi connectivity index (χ0v) is 15.0. The molecule has 1 amide bonds. The summed E-state index contributed by atoms with van der Waals surface area (Å²) in [6.45, 7) is 3.06. The Balaban J connectivity index is 1.50. The highest BCUT2D eigenvalue weighted by atomic mass is 16.5. The minimum Gasteiger partial charge on any atom is -0.361 e. The zero-order valence-electron chi connectivity index (χ0n) is 15.0. The van der Waals surface area contributed by atoms with Gasteiger partial charge in [0.05, 0.1) is 0 Å². The van der Waals surface area contributed by atoms with Gasteiger partial charge in [-0.3, -0.25) is 10.0 Å². The van der Waals surface area contributed by atoms with Crippen molar-refractivity contribution in [3.63, 3.8) is 0 Å². The maximum Gasteiger partial charge on any atom is 0.243 e. The van der Waals surface area contributed by atoms with E-state index in [4.69, 9.17) is 5.21 Å². The molecule has 0 saturated heterocycles. The van der Waals surface area contributed by atoms with Crippen LogP contribution in [0.1, 0.15) is 36.1 Å². The fraction of sp³-hybridized carbons (Fsp3) is 0.286. The molecule has 4 N–H and O–H groups in total. The normalized spacial score (nSPS) is 12.2. The van der Waals surface area contributed by atoms with Crippen LogP contribution in [-0.4, -0.2) is 22.6 Å². The van der Waals surface area contributed by atoms with Crippen molar-refractivity contribution in [3.8, 4) is 0 Å². The predicted octanol–water partition coefficient (Wildman–Crippen LogP) is 3.50. The molecule has 26 heavy (non-hydrogen) atoms. The van der Waals surface area contributed by atoms with Crippen LogP contribution >= 0.6 is 0 Å². The number of fused-ring (bicyclic) bond motifs is 1. The quantitative estimate of drug-likeness (QED) is 0.371. The van der Waals surface area contributed by atoms with Crippen molar-refractivity contribution in [1.29, 1.82) is 0 Å². The molecule has 0 aliphatic heterocycles. The Hall–Kier alpha value is -2.63. The number of carbonyl (C=O) groups excluding carboxylic acids is 1. The second kappa shape index (κ2) is 8.65. The fourth-order valence-corrected chi connectivity index (χ4v) is 3.17. The molecule has 0 aliphatic carbocycles. The standard InChI is InChI=1S/C21H25N3O2/c1-15(17-9-6-16(7-10-17)8-11-21(25)24-26)22-13-12-18-14-23-20-5-3-2-4-19(18)20/h2-7,9-10,14-15,22-23,26H,8,11-13H2,1H3,(H,24,25). The summed E-state index contributed by atoms with van der Waals surface area (Å²) in [5.74, 6) is -0.360. The maximum absolute atomic E-state index is 11.1. The first kappa shape index (κ1) is 18.2. The number of carbonyl (C=O) groups is 1. The number of hydrogen-bond donors (Lipinski definition) is 4. The monoisotopic (exact) mass is 351 g/mol. The number of benzene rings is 2. The Morgan fingerprint density at radius 1 is 1.12 bits per heavy atom. The first-order chi connectivity index (χ1) is 12.7. The van der Waals surface area contributed by atoms with E-state index in [2.05, 4.69) is 53.8 Å². The molecule has 1 unspecified atom stereocenters. The molecule has 3 rings (SSSR count). The summed E-state index contributed by atoms with van der Waals surface area (Å²) in [7, 11) is 0. The van der Waals surface area contributed by atoms with Crippen molar-refractivity contribution in [1.82, 2.24) is 15.8 Å². The lowest BCUT2D eigenvalue weighted by Gasteiger charge is -2.14. The molecule has 0 aliphatic rings. The molecule has 1 aromatic heterocycles. The van der Waals surface area contributed by atoms with E-state index < -0.39 is 0 Å². The maximum atomic E-state index is 11.1. The van der Waals surface area contributed by atoms with Gasteiger partial charge in [0.25, 0.3) is 0 Å². The van der Waals surface area contributed by atoms with Crippen molar-refractivity contribution in [2.75, 3.05) is 6.54 Å². The average Bonchev–Trinajstić information content (AvgIpc) is 3.09. The molecule has 0 spiro atoms. The summed E-state index contributed by atoms with van der Waals surface area (Å²) in [6, 6.07) is 16.9. The Labute approximate surface area is 153 Å². The molecule has 0 fully saturated rings. The van der Waals surface area contributed by atoms with E-state index in [1.54, 1.807) is 5.48 Å². The minimum absolute atomic E-state index is 0.259. The van der Waals surface area contributed by atoms with Crippen LogP contribution in [0.3, 0.4) is 0 Å². The van der Waals surface area contributed by atoms with Gasteiger partial charge in [0, 0.05) is 29.6 Å². The lowest BCUT2D eigenvalue weighted by Crippen LogP contribution is -2.21. The number of aryl methyl sites for hydroxylation is 1. The van der Waals surface area contributed by atoms with Crippen LogP contribution in [0.25, 0.3) is 10.9 Å². The molecular formula is C21H25N3O2. The first-order valence-corrected chi connectivity index (χ1v) is 8.97. The van der Waals surface area contributed by atoms with E-state index in [0.29, 0.717) is 6.42 Å². The van der Waals surface area contributed by atoms with Gasteiger partial charge >= 0.3 is 0 Å². The van der Waals surface area contributed by atoms with E-state index in [-0.39, 0.29) is 18.4 Å². The number of hydrogen-bond acceptors (Lipinski definition) is 3. The Morgan fingerprint density at radius 2 is 1.88 bits per heavy atom. The molecule has 3 aromatic rings. The topological polar surface area (TPSA) is 77.2 Å². The minimum atomic E-state index is -0.360. The van der Waals surface area contributed by atoms with Gasteiger partial charge in [-0.15, -0.1) is 0 Å². The van der Waals surface area contributed by atoms with E-state index >= 15 is 0 Å². The lowest BCUT2D eigenvalue weighted by molar-refractivity contribution is -0.129. The van der Waals surface area contributed by atoms with Crippen molar-refractivity contribution in [2.45, 2.75) is 32.2 Å². The Morgan fingerprint density at radius 3 is 2.65 bits per heavy atom. The third kappa shape index (κ3) is 4.50. The Kier molecular flexibility index (Phi) is 6.04. The van der Waals surface area contributed by atoms with E-state index in [1.165, 1.54) is 22.0 Å². The summed E-state index contributed by atoms with van der Waals surface area (Å²) in [6.07, 6.45) is 3.97. The number of nitrogens with one attached hydrogen (secondary N) is 3. The third-order valence-electron chi connectivity index (χ3n) is 4.76. The third-order valence-corrected chi connectivity index (χ3v) is 4.76. The number of para-hydroxylation sites is 1. The van der Waals surface area contributed by atoms with Crippen LogP contribution in [0, 0.1) is 0 Å². The number of aromatic amines is 1. The second-order valence-electron chi connectivity index (χ2n) is 6.56. The SMILES string of the molecule is CC(NCCc1c[nH]c2ccccc12)c1ccc(CCC(=O)NO)cc1. The fourth-order valence-electron chi connectivity index (χ4n) is 3.17. The van der Waals surface area contributed by atoms with Crippen LogP contribution < -0.4 is 10.8 Å². The van der Waals surface area contributed by atoms with E-state index in [1.807, 2.05) is 18.2 Å². The van der Waals surface area contributed by atoms with Crippen molar-refractivity contribution < 1.29 is 10.0 Å². The Bertz CT molecular complexity index is 855. The van der Waals surface area contributed by atoms with Gasteiger partial charge in [0.2, 0.25) is 5.91 Å². The van der Waals surface area contributed by atoms with Crippen LogP contribution in [0.4, 0.5) is 0 Å². The van der Waals surface area contributed by atoms with Crippen molar-refractivity contribution >= 4 is 16.8 Å². The van der Waals surface area contributed by atoms with Gasteiger partial charge in [-0.2, -0.15) is 0 Å². The van der Waals surface area contributed by atoms with Gasteiger partial charge in [-0.05, 0) is 49.1 Å². The summed E-state index contributed by atoms with van der Waals surface area (Å²) < 4.78 is 0. The second-order valence-corrected chi connectivity index (χ2v) is 6.56. The van der Waals surface area contributed by atoms with Crippen LogP contribution in [0.5, 0.6) is 0 Å². The van der Waals surface area contributed by atoms with Crippen molar-refractivity contribution in [2.24, 2.45) is 0 Å². The lowest BCUT2D eigenvalue weighted by atomic mass is 10.0. The molecule has 5 nitrogen and oxygen atoms in total. The van der Waals surface area contributed by atoms with E-state index in [9.17, 15) is 4.79 Å². The highest BCUT2D eigenvalue weighted by Crippen LogP contribution is 2.19. The summed E-state index contributed by atoms with van der Waals surface area (Å²) in [5, 5.41) is 13.4. The predicted molar refractivity (Wildman–Crippen MR) is 103 cm³/mol. The summed E-state index contributed by atoms with van der Waals surface area (Å²) in [5.41, 5.74) is 6.48. The molecule has 1 heterocycles. The van der Waals surface area contributed by atoms with Gasteiger partial charge in [-0.1, -0.05) is 42.5 Å². The number of H-pyrrole nitrogens is 1. The molecular weight excluding hydrogens is 326 g/mol. The highest BCUT2D eigenvalue weighted by Gasteiger charge is 2.07. The number of hydroxylamine groups is 1. The van der Waals surface area contributed by atoms with Gasteiger partial charge < -0.3 is 10.3 Å². The van der Waals surface area contributed by atoms with Crippen molar-refractivity contribution in [3.05, 3.63) is 71.4 Å². The van der Waals surface area contributed by atoms with Gasteiger partial charge in [0.15, 0.2) is 0 Å². The molecule has 0 saturated carbocycles. The van der Waals surface area contributed by atoms with Gasteiger partial charge in [0.1, 0.15) is 0 Å². The van der Waals surface area contributed by atoms with E-state index in [0.717, 1.165) is 18.5 Å². The first-order valence-electron chi connectivity index (χ1n) is 8.97. The molecule has 2 aromatic carbocycles. The molecule has 136 valence electrons. The zero-order chi connectivity index (χ0) is 18.4. The summed E-state index contributed by atoms with van der Waals surface area (Å²) >= 11 is 0.